The Morgan fingerprint density at radius 2 is 2.04 bits per heavy atom. The maximum Gasteiger partial charge on any atom is 0.415 e. The maximum atomic E-state index is 12.7. The van der Waals surface area contributed by atoms with Gasteiger partial charge >= 0.3 is 6.09 Å². The average Bonchev–Trinajstić information content (AvgIpc) is 3.35. The molecule has 0 radical (unpaired) electrons. The monoisotopic (exact) mass is 390 g/mol. The molecule has 3 rings (SSSR count). The molecule has 2 aromatic rings. The van der Waals surface area contributed by atoms with E-state index in [1.54, 1.807) is 16.2 Å². The number of thiazole rings is 1. The number of nitrogens with zero attached hydrogens (tertiary/aromatic N) is 2. The van der Waals surface area contributed by atoms with E-state index in [4.69, 9.17) is 14.2 Å². The molecule has 1 saturated heterocycles. The first-order valence-corrected chi connectivity index (χ1v) is 9.88. The van der Waals surface area contributed by atoms with Crippen molar-refractivity contribution in [2.45, 2.75) is 59.0 Å². The van der Waals surface area contributed by atoms with Crippen LogP contribution in [0.5, 0.6) is 5.75 Å². The fourth-order valence-electron chi connectivity index (χ4n) is 2.65. The molecule has 1 aliphatic rings. The molecule has 6 nitrogen and oxygen atoms in total. The first-order chi connectivity index (χ1) is 12.7. The summed E-state index contributed by atoms with van der Waals surface area (Å²) in [4.78, 5) is 18.8. The molecule has 0 spiro atoms. The molecule has 0 bridgehead atoms. The Hall–Kier alpha value is -2.12. The number of aromatic nitrogens is 1. The van der Waals surface area contributed by atoms with Gasteiger partial charge in [0.15, 0.2) is 0 Å². The minimum absolute atomic E-state index is 0.0429. The van der Waals surface area contributed by atoms with Gasteiger partial charge in [0.1, 0.15) is 24.1 Å². The molecular formula is C20H26N2O4S. The molecule has 27 heavy (non-hydrogen) atoms. The number of amides is 1. The number of rotatable bonds is 6. The fraction of sp³-hybridized carbons (Fsp3) is 0.500. The van der Waals surface area contributed by atoms with E-state index in [0.717, 1.165) is 22.1 Å². The van der Waals surface area contributed by atoms with Crippen LogP contribution in [0.1, 0.15) is 38.4 Å². The van der Waals surface area contributed by atoms with Crippen molar-refractivity contribution in [2.75, 3.05) is 11.5 Å². The van der Waals surface area contributed by atoms with E-state index >= 15 is 0 Å². The van der Waals surface area contributed by atoms with Crippen LogP contribution in [0.15, 0.2) is 29.6 Å². The number of aryl methyl sites for hydroxylation is 1. The lowest BCUT2D eigenvalue weighted by Crippen LogP contribution is -2.44. The number of carbonyl (C=O) groups is 1. The topological polar surface area (TPSA) is 64.2 Å². The average molecular weight is 391 g/mol. The highest BCUT2D eigenvalue weighted by Gasteiger charge is 2.38. The Labute approximate surface area is 164 Å². The maximum absolute atomic E-state index is 12.7. The summed E-state index contributed by atoms with van der Waals surface area (Å²) in [6, 6.07) is 7.33. The predicted molar refractivity (Wildman–Crippen MR) is 106 cm³/mol. The van der Waals surface area contributed by atoms with E-state index in [1.807, 2.05) is 64.3 Å². The molecule has 0 unspecified atom stereocenters. The van der Waals surface area contributed by atoms with Gasteiger partial charge in [0, 0.05) is 11.1 Å². The summed E-state index contributed by atoms with van der Waals surface area (Å²) >= 11 is 1.60. The quantitative estimate of drug-likeness (QED) is 0.677. The van der Waals surface area contributed by atoms with Crippen molar-refractivity contribution in [2.24, 2.45) is 0 Å². The summed E-state index contributed by atoms with van der Waals surface area (Å²) in [7, 11) is 0. The number of benzene rings is 1. The van der Waals surface area contributed by atoms with Crippen LogP contribution in [0.4, 0.5) is 10.5 Å². The number of hydrogen-bond donors (Lipinski definition) is 0. The van der Waals surface area contributed by atoms with Crippen LogP contribution >= 0.6 is 11.3 Å². The van der Waals surface area contributed by atoms with Gasteiger partial charge in [-0.1, -0.05) is 0 Å². The molecule has 2 atom stereocenters. The van der Waals surface area contributed by atoms with Gasteiger partial charge in [0.05, 0.1) is 23.4 Å². The lowest BCUT2D eigenvalue weighted by atomic mass is 10.1. The van der Waals surface area contributed by atoms with Crippen molar-refractivity contribution in [3.8, 4) is 5.75 Å². The summed E-state index contributed by atoms with van der Waals surface area (Å²) in [5, 5.41) is 3.01. The van der Waals surface area contributed by atoms with Crippen LogP contribution < -0.4 is 9.64 Å². The minimum Gasteiger partial charge on any atom is -0.487 e. The highest BCUT2D eigenvalue weighted by atomic mass is 32.1. The molecule has 1 fully saturated rings. The SMILES string of the molecule is Cc1nc(COc2ccc(N(C(=O)OC(C)(C)C)[C@@H](C)[C@@H]3CO3)cc2)cs1. The number of carbonyl (C=O) groups excluding carboxylic acids is 1. The molecule has 1 aliphatic heterocycles. The van der Waals surface area contributed by atoms with Gasteiger partial charge in [0.25, 0.3) is 0 Å². The summed E-state index contributed by atoms with van der Waals surface area (Å²) in [6.07, 6.45) is -0.335. The van der Waals surface area contributed by atoms with Crippen molar-refractivity contribution in [3.05, 3.63) is 40.3 Å². The second-order valence-corrected chi connectivity index (χ2v) is 8.67. The number of epoxide rings is 1. The Morgan fingerprint density at radius 3 is 2.56 bits per heavy atom. The van der Waals surface area contributed by atoms with Crippen LogP contribution in [0.25, 0.3) is 0 Å². The molecule has 2 heterocycles. The second-order valence-electron chi connectivity index (χ2n) is 7.60. The first-order valence-electron chi connectivity index (χ1n) is 9.00. The smallest absolute Gasteiger partial charge is 0.415 e. The second kappa shape index (κ2) is 7.86. The van der Waals surface area contributed by atoms with Gasteiger partial charge < -0.3 is 14.2 Å². The molecular weight excluding hydrogens is 364 g/mol. The Bertz CT molecular complexity index is 778. The van der Waals surface area contributed by atoms with Crippen molar-refractivity contribution in [1.29, 1.82) is 0 Å². The molecule has 0 saturated carbocycles. The van der Waals surface area contributed by atoms with Gasteiger partial charge in [-0.25, -0.2) is 9.78 Å². The van der Waals surface area contributed by atoms with E-state index in [9.17, 15) is 4.79 Å². The van der Waals surface area contributed by atoms with E-state index in [1.165, 1.54) is 0 Å². The van der Waals surface area contributed by atoms with Crippen LogP contribution in [-0.2, 0) is 16.1 Å². The third kappa shape index (κ3) is 5.43. The highest BCUT2D eigenvalue weighted by molar-refractivity contribution is 7.09. The number of ether oxygens (including phenoxy) is 3. The molecule has 0 aliphatic carbocycles. The van der Waals surface area contributed by atoms with Crippen LogP contribution in [0.3, 0.4) is 0 Å². The normalized spacial score (nSPS) is 17.3. The predicted octanol–water partition coefficient (Wildman–Crippen LogP) is 4.56. The van der Waals surface area contributed by atoms with Crippen molar-refractivity contribution in [1.82, 2.24) is 4.98 Å². The van der Waals surface area contributed by atoms with Gasteiger partial charge in [-0.15, -0.1) is 11.3 Å². The number of hydrogen-bond acceptors (Lipinski definition) is 6. The van der Waals surface area contributed by atoms with Crippen LogP contribution in [-0.4, -0.2) is 35.4 Å². The van der Waals surface area contributed by atoms with Crippen LogP contribution in [0.2, 0.25) is 0 Å². The van der Waals surface area contributed by atoms with E-state index in [0.29, 0.717) is 13.2 Å². The van der Waals surface area contributed by atoms with E-state index < -0.39 is 5.60 Å². The molecule has 1 amide bonds. The van der Waals surface area contributed by atoms with Gasteiger partial charge in [-0.3, -0.25) is 4.90 Å². The number of anilines is 1. The molecule has 1 aromatic heterocycles. The summed E-state index contributed by atoms with van der Waals surface area (Å²) in [6.45, 7) is 10.6. The summed E-state index contributed by atoms with van der Waals surface area (Å²) < 4.78 is 16.8. The van der Waals surface area contributed by atoms with Crippen molar-refractivity contribution in [3.63, 3.8) is 0 Å². The summed E-state index contributed by atoms with van der Waals surface area (Å²) in [5.41, 5.74) is 1.11. The van der Waals surface area contributed by atoms with Crippen LogP contribution in [0, 0.1) is 6.92 Å². The highest BCUT2D eigenvalue weighted by Crippen LogP contribution is 2.28. The zero-order chi connectivity index (χ0) is 19.6. The largest absolute Gasteiger partial charge is 0.487 e. The Morgan fingerprint density at radius 1 is 1.37 bits per heavy atom. The standard InChI is InChI=1S/C20H26N2O4S/c1-13(18-11-25-18)22(19(23)26-20(3,4)5)16-6-8-17(9-7-16)24-10-15-12-27-14(2)21-15/h6-9,12-13,18H,10-11H2,1-5H3/t13-,18-/m0/s1. The fourth-order valence-corrected chi connectivity index (χ4v) is 3.25. The lowest BCUT2D eigenvalue weighted by Gasteiger charge is -2.31. The zero-order valence-corrected chi connectivity index (χ0v) is 17.2. The Kier molecular flexibility index (Phi) is 5.72. The van der Waals surface area contributed by atoms with E-state index in [-0.39, 0.29) is 18.2 Å². The Balaban J connectivity index is 1.71. The van der Waals surface area contributed by atoms with Crippen molar-refractivity contribution >= 4 is 23.1 Å². The first kappa shape index (κ1) is 19.6. The molecule has 1 aromatic carbocycles. The third-order valence-corrected chi connectivity index (χ3v) is 4.89. The lowest BCUT2D eigenvalue weighted by molar-refractivity contribution is 0.0562. The van der Waals surface area contributed by atoms with E-state index in [2.05, 4.69) is 4.98 Å². The molecule has 146 valence electrons. The molecule has 0 N–H and O–H groups in total. The van der Waals surface area contributed by atoms with Gasteiger partial charge in [-0.05, 0) is 58.9 Å². The third-order valence-electron chi connectivity index (χ3n) is 4.06. The summed E-state index contributed by atoms with van der Waals surface area (Å²) in [5.74, 6) is 0.726. The minimum atomic E-state index is -0.561. The molecule has 7 heteroatoms. The van der Waals surface area contributed by atoms with Gasteiger partial charge in [-0.2, -0.15) is 0 Å². The van der Waals surface area contributed by atoms with Gasteiger partial charge in [0.2, 0.25) is 0 Å². The van der Waals surface area contributed by atoms with Crippen molar-refractivity contribution < 1.29 is 19.0 Å². The zero-order valence-electron chi connectivity index (χ0n) is 16.4.